The molecule has 2 aromatic heterocycles. The summed E-state index contributed by atoms with van der Waals surface area (Å²) in [6, 6.07) is 3.54. The molecule has 0 saturated carbocycles. The van der Waals surface area contributed by atoms with E-state index in [4.69, 9.17) is 4.42 Å². The number of aromatic nitrogens is 3. The molecule has 1 N–H and O–H groups in total. The van der Waals surface area contributed by atoms with E-state index in [1.165, 1.54) is 10.9 Å². The van der Waals surface area contributed by atoms with Gasteiger partial charge in [0.15, 0.2) is 0 Å². The molecule has 0 fully saturated rings. The summed E-state index contributed by atoms with van der Waals surface area (Å²) in [7, 11) is 0. The molecule has 0 bridgehead atoms. The van der Waals surface area contributed by atoms with Gasteiger partial charge in [-0.3, -0.25) is 4.79 Å². The van der Waals surface area contributed by atoms with Crippen LogP contribution in [0.1, 0.15) is 5.76 Å². The Kier molecular flexibility index (Phi) is 3.69. The van der Waals surface area contributed by atoms with E-state index in [-0.39, 0.29) is 5.91 Å². The Hall–Kier alpha value is -2.37. The predicted octanol–water partition coefficient (Wildman–Crippen LogP) is 0.701. The zero-order valence-corrected chi connectivity index (χ0v) is 9.11. The van der Waals surface area contributed by atoms with Gasteiger partial charge in [0.25, 0.3) is 0 Å². The second-order valence-electron chi connectivity index (χ2n) is 3.26. The van der Waals surface area contributed by atoms with Gasteiger partial charge in [0.2, 0.25) is 5.91 Å². The molecule has 0 atom stereocenters. The highest BCUT2D eigenvalue weighted by Crippen LogP contribution is 2.01. The third kappa shape index (κ3) is 3.60. The number of hydrogen-bond donors (Lipinski definition) is 1. The Labute approximate surface area is 97.9 Å². The van der Waals surface area contributed by atoms with Gasteiger partial charge in [-0.25, -0.2) is 0 Å². The van der Waals surface area contributed by atoms with E-state index >= 15 is 0 Å². The van der Waals surface area contributed by atoms with Gasteiger partial charge >= 0.3 is 0 Å². The number of amides is 1. The molecule has 0 aromatic carbocycles. The van der Waals surface area contributed by atoms with E-state index in [1.54, 1.807) is 36.9 Å². The van der Waals surface area contributed by atoms with Crippen LogP contribution in [0.5, 0.6) is 0 Å². The first-order valence-corrected chi connectivity index (χ1v) is 5.18. The van der Waals surface area contributed by atoms with Crippen LogP contribution < -0.4 is 5.32 Å². The molecule has 2 rings (SSSR count). The maximum atomic E-state index is 11.4. The highest BCUT2D eigenvalue weighted by Gasteiger charge is 1.96. The Morgan fingerprint density at radius 3 is 3.00 bits per heavy atom. The Bertz CT molecular complexity index is 474. The van der Waals surface area contributed by atoms with E-state index in [0.29, 0.717) is 18.8 Å². The molecule has 0 aliphatic carbocycles. The molecule has 2 aromatic rings. The average molecular weight is 232 g/mol. The lowest BCUT2D eigenvalue weighted by atomic mass is 10.4. The van der Waals surface area contributed by atoms with Crippen LogP contribution in [0.25, 0.3) is 6.08 Å². The molecule has 0 radical (unpaired) electrons. The summed E-state index contributed by atoms with van der Waals surface area (Å²) in [6.45, 7) is 1.03. The summed E-state index contributed by atoms with van der Waals surface area (Å²) in [5.74, 6) is 0.474. The van der Waals surface area contributed by atoms with Crippen LogP contribution in [0.2, 0.25) is 0 Å². The number of carbonyl (C=O) groups excluding carboxylic acids is 1. The molecule has 1 amide bonds. The lowest BCUT2D eigenvalue weighted by Crippen LogP contribution is -2.26. The summed E-state index contributed by atoms with van der Waals surface area (Å²) in [6.07, 6.45) is 7.79. The molecule has 6 heteroatoms. The van der Waals surface area contributed by atoms with Crippen molar-refractivity contribution in [1.82, 2.24) is 20.3 Å². The molecular weight excluding hydrogens is 220 g/mol. The van der Waals surface area contributed by atoms with Crippen LogP contribution in [0, 0.1) is 0 Å². The van der Waals surface area contributed by atoms with Crippen LogP contribution in [0.3, 0.4) is 0 Å². The standard InChI is InChI=1S/C11H12N4O2/c16-11(4-3-10-2-1-9-17-10)12-7-8-15-13-5-6-14-15/h1-6,9H,7-8H2,(H,12,16). The first kappa shape index (κ1) is 11.1. The smallest absolute Gasteiger partial charge is 0.244 e. The zero-order valence-electron chi connectivity index (χ0n) is 9.11. The van der Waals surface area contributed by atoms with Crippen molar-refractivity contribution in [3.05, 3.63) is 42.6 Å². The molecule has 17 heavy (non-hydrogen) atoms. The van der Waals surface area contributed by atoms with Crippen LogP contribution in [0.15, 0.2) is 41.3 Å². The van der Waals surface area contributed by atoms with Crippen molar-refractivity contribution in [3.8, 4) is 0 Å². The monoisotopic (exact) mass is 232 g/mol. The quantitative estimate of drug-likeness (QED) is 0.770. The number of nitrogens with one attached hydrogen (secondary N) is 1. The van der Waals surface area contributed by atoms with Crippen molar-refractivity contribution in [1.29, 1.82) is 0 Å². The molecule has 2 heterocycles. The minimum absolute atomic E-state index is 0.173. The fourth-order valence-electron chi connectivity index (χ4n) is 1.24. The second-order valence-corrected chi connectivity index (χ2v) is 3.26. The SMILES string of the molecule is O=C(C=Cc1ccco1)NCCn1nccn1. The molecule has 0 aliphatic rings. The van der Waals surface area contributed by atoms with Gasteiger partial charge in [-0.1, -0.05) is 0 Å². The summed E-state index contributed by atoms with van der Waals surface area (Å²) in [5, 5.41) is 10.6. The van der Waals surface area contributed by atoms with Crippen molar-refractivity contribution in [2.75, 3.05) is 6.54 Å². The van der Waals surface area contributed by atoms with Crippen molar-refractivity contribution in [2.24, 2.45) is 0 Å². The minimum Gasteiger partial charge on any atom is -0.465 e. The highest BCUT2D eigenvalue weighted by molar-refractivity contribution is 5.91. The third-order valence-corrected chi connectivity index (χ3v) is 2.02. The Morgan fingerprint density at radius 1 is 1.47 bits per heavy atom. The molecular formula is C11H12N4O2. The molecule has 0 unspecified atom stereocenters. The van der Waals surface area contributed by atoms with E-state index in [0.717, 1.165) is 0 Å². The molecule has 88 valence electrons. The fourth-order valence-corrected chi connectivity index (χ4v) is 1.24. The van der Waals surface area contributed by atoms with Crippen molar-refractivity contribution in [3.63, 3.8) is 0 Å². The van der Waals surface area contributed by atoms with Gasteiger partial charge in [-0.15, -0.1) is 0 Å². The van der Waals surface area contributed by atoms with Crippen LogP contribution in [0.4, 0.5) is 0 Å². The van der Waals surface area contributed by atoms with Gasteiger partial charge in [0, 0.05) is 12.6 Å². The summed E-state index contributed by atoms with van der Waals surface area (Å²) in [4.78, 5) is 12.9. The lowest BCUT2D eigenvalue weighted by molar-refractivity contribution is -0.116. The van der Waals surface area contributed by atoms with Crippen molar-refractivity contribution < 1.29 is 9.21 Å². The molecule has 6 nitrogen and oxygen atoms in total. The maximum Gasteiger partial charge on any atom is 0.244 e. The Balaban J connectivity index is 1.71. The van der Waals surface area contributed by atoms with E-state index in [1.807, 2.05) is 0 Å². The topological polar surface area (TPSA) is 73.0 Å². The number of furan rings is 1. The van der Waals surface area contributed by atoms with Crippen LogP contribution >= 0.6 is 0 Å². The van der Waals surface area contributed by atoms with Crippen LogP contribution in [-0.4, -0.2) is 27.4 Å². The van der Waals surface area contributed by atoms with E-state index in [2.05, 4.69) is 15.5 Å². The van der Waals surface area contributed by atoms with Gasteiger partial charge in [-0.2, -0.15) is 15.0 Å². The van der Waals surface area contributed by atoms with Crippen molar-refractivity contribution >= 4 is 12.0 Å². The second kappa shape index (κ2) is 5.64. The maximum absolute atomic E-state index is 11.4. The minimum atomic E-state index is -0.173. The first-order chi connectivity index (χ1) is 8.34. The van der Waals surface area contributed by atoms with E-state index < -0.39 is 0 Å². The van der Waals surface area contributed by atoms with Gasteiger partial charge in [0.1, 0.15) is 5.76 Å². The fraction of sp³-hybridized carbons (Fsp3) is 0.182. The van der Waals surface area contributed by atoms with Crippen LogP contribution in [-0.2, 0) is 11.3 Å². The summed E-state index contributed by atoms with van der Waals surface area (Å²) >= 11 is 0. The molecule has 0 saturated heterocycles. The zero-order chi connectivity index (χ0) is 11.9. The summed E-state index contributed by atoms with van der Waals surface area (Å²) in [5.41, 5.74) is 0. The predicted molar refractivity (Wildman–Crippen MR) is 60.8 cm³/mol. The van der Waals surface area contributed by atoms with Gasteiger partial charge in [-0.05, 0) is 18.2 Å². The first-order valence-electron chi connectivity index (χ1n) is 5.18. The number of hydrogen-bond acceptors (Lipinski definition) is 4. The van der Waals surface area contributed by atoms with Gasteiger partial charge < -0.3 is 9.73 Å². The molecule has 0 spiro atoms. The van der Waals surface area contributed by atoms with E-state index in [9.17, 15) is 4.79 Å². The normalized spacial score (nSPS) is 10.8. The Morgan fingerprint density at radius 2 is 2.29 bits per heavy atom. The summed E-state index contributed by atoms with van der Waals surface area (Å²) < 4.78 is 5.06. The van der Waals surface area contributed by atoms with Gasteiger partial charge in [0.05, 0.1) is 25.2 Å². The highest BCUT2D eigenvalue weighted by atomic mass is 16.3. The van der Waals surface area contributed by atoms with Crippen molar-refractivity contribution in [2.45, 2.75) is 6.54 Å². The number of rotatable bonds is 5. The largest absolute Gasteiger partial charge is 0.465 e. The number of carbonyl (C=O) groups is 1. The lowest BCUT2D eigenvalue weighted by Gasteiger charge is -2.00. The number of nitrogens with zero attached hydrogens (tertiary/aromatic N) is 3. The average Bonchev–Trinajstić information content (AvgIpc) is 2.99. The molecule has 0 aliphatic heterocycles. The third-order valence-electron chi connectivity index (χ3n) is 2.02.